The Balaban J connectivity index is 1.61. The fourth-order valence-electron chi connectivity index (χ4n) is 3.08. The highest BCUT2D eigenvalue weighted by molar-refractivity contribution is 7.91. The van der Waals surface area contributed by atoms with Crippen molar-refractivity contribution in [3.05, 3.63) is 65.4 Å². The summed E-state index contributed by atoms with van der Waals surface area (Å²) in [6.07, 6.45) is -0.121. The van der Waals surface area contributed by atoms with Crippen LogP contribution in [0.1, 0.15) is 30.2 Å². The third-order valence-electron chi connectivity index (χ3n) is 4.76. The number of nitrogens with zero attached hydrogens (tertiary/aromatic N) is 1. The molecule has 31 heavy (non-hydrogen) atoms. The van der Waals surface area contributed by atoms with Crippen LogP contribution >= 0.6 is 0 Å². The van der Waals surface area contributed by atoms with Gasteiger partial charge in [-0.05, 0) is 50.1 Å². The minimum absolute atomic E-state index is 0.121. The molecule has 0 bridgehead atoms. The van der Waals surface area contributed by atoms with Gasteiger partial charge >= 0.3 is 0 Å². The molecule has 1 heterocycles. The molecule has 0 aliphatic carbocycles. The van der Waals surface area contributed by atoms with Gasteiger partial charge in [-0.1, -0.05) is 29.4 Å². The van der Waals surface area contributed by atoms with E-state index < -0.39 is 9.84 Å². The van der Waals surface area contributed by atoms with E-state index in [9.17, 15) is 13.2 Å². The van der Waals surface area contributed by atoms with E-state index in [1.54, 1.807) is 38.1 Å². The molecule has 1 N–H and O–H groups in total. The molecular weight excluding hydrogens is 416 g/mol. The Morgan fingerprint density at radius 3 is 2.48 bits per heavy atom. The minimum Gasteiger partial charge on any atom is -0.494 e. The number of nitrogens with one attached hydrogen (secondary N) is 1. The fourth-order valence-corrected chi connectivity index (χ4v) is 4.62. The minimum atomic E-state index is -3.64. The lowest BCUT2D eigenvalue weighted by Gasteiger charge is -2.10. The average molecular weight is 443 g/mol. The molecule has 0 aliphatic heterocycles. The van der Waals surface area contributed by atoms with Gasteiger partial charge in [0.05, 0.1) is 22.9 Å². The van der Waals surface area contributed by atoms with Crippen molar-refractivity contribution in [2.45, 2.75) is 38.6 Å². The van der Waals surface area contributed by atoms with Crippen molar-refractivity contribution in [3.8, 4) is 17.1 Å². The number of hydrogen-bond acceptors (Lipinski definition) is 6. The van der Waals surface area contributed by atoms with Gasteiger partial charge < -0.3 is 14.6 Å². The number of rotatable bonds is 9. The summed E-state index contributed by atoms with van der Waals surface area (Å²) in [5.74, 6) is 0.669. The van der Waals surface area contributed by atoms with Gasteiger partial charge in [-0.2, -0.15) is 0 Å². The first-order chi connectivity index (χ1) is 14.8. The molecule has 8 heteroatoms. The maximum Gasteiger partial charge on any atom is 0.221 e. The molecule has 7 nitrogen and oxygen atoms in total. The van der Waals surface area contributed by atoms with E-state index in [2.05, 4.69) is 10.5 Å². The molecule has 0 aliphatic rings. The molecule has 3 rings (SSSR count). The second-order valence-corrected chi connectivity index (χ2v) is 9.31. The summed E-state index contributed by atoms with van der Waals surface area (Å²) in [6.45, 7) is 6.35. The van der Waals surface area contributed by atoms with Crippen LogP contribution in [-0.4, -0.2) is 31.8 Å². The fraction of sp³-hybridized carbons (Fsp3) is 0.304. The number of carbonyl (C=O) groups is 1. The predicted octanol–water partition coefficient (Wildman–Crippen LogP) is 3.84. The lowest BCUT2D eigenvalue weighted by Crippen LogP contribution is -2.25. The molecule has 0 saturated carbocycles. The van der Waals surface area contributed by atoms with E-state index in [1.807, 2.05) is 31.2 Å². The zero-order valence-electron chi connectivity index (χ0n) is 17.8. The van der Waals surface area contributed by atoms with Crippen LogP contribution in [0, 0.1) is 13.8 Å². The van der Waals surface area contributed by atoms with Crippen molar-refractivity contribution in [1.29, 1.82) is 0 Å². The summed E-state index contributed by atoms with van der Waals surface area (Å²) in [4.78, 5) is 12.4. The Morgan fingerprint density at radius 2 is 1.84 bits per heavy atom. The van der Waals surface area contributed by atoms with Gasteiger partial charge in [0.2, 0.25) is 5.91 Å². The zero-order valence-corrected chi connectivity index (χ0v) is 18.7. The third kappa shape index (κ3) is 5.95. The topological polar surface area (TPSA) is 98.5 Å². The van der Waals surface area contributed by atoms with E-state index in [0.29, 0.717) is 35.7 Å². The summed E-state index contributed by atoms with van der Waals surface area (Å²) >= 11 is 0. The Labute approximate surface area is 182 Å². The highest BCUT2D eigenvalue weighted by Crippen LogP contribution is 2.26. The van der Waals surface area contributed by atoms with Gasteiger partial charge in [0.1, 0.15) is 5.75 Å². The van der Waals surface area contributed by atoms with Crippen molar-refractivity contribution in [1.82, 2.24) is 10.5 Å². The third-order valence-corrected chi connectivity index (χ3v) is 6.61. The first kappa shape index (κ1) is 22.6. The van der Waals surface area contributed by atoms with Crippen LogP contribution in [0.15, 0.2) is 57.9 Å². The molecule has 164 valence electrons. The molecule has 0 spiro atoms. The number of benzene rings is 2. The maximum atomic E-state index is 12.9. The molecule has 0 saturated heterocycles. The van der Waals surface area contributed by atoms with Crippen molar-refractivity contribution in [3.63, 3.8) is 0 Å². The van der Waals surface area contributed by atoms with Crippen molar-refractivity contribution in [2.75, 3.05) is 12.4 Å². The second kappa shape index (κ2) is 9.78. The van der Waals surface area contributed by atoms with Gasteiger partial charge in [0.15, 0.2) is 15.6 Å². The van der Waals surface area contributed by atoms with Gasteiger partial charge in [0, 0.05) is 24.6 Å². The smallest absolute Gasteiger partial charge is 0.221 e. The van der Waals surface area contributed by atoms with Gasteiger partial charge in [-0.25, -0.2) is 8.42 Å². The first-order valence-electron chi connectivity index (χ1n) is 10.0. The van der Waals surface area contributed by atoms with Gasteiger partial charge in [0.25, 0.3) is 0 Å². The van der Waals surface area contributed by atoms with E-state index in [-0.39, 0.29) is 23.0 Å². The van der Waals surface area contributed by atoms with Crippen molar-refractivity contribution >= 4 is 15.7 Å². The molecule has 0 radical (unpaired) electrons. The van der Waals surface area contributed by atoms with Crippen LogP contribution in [0.4, 0.5) is 0 Å². The van der Waals surface area contributed by atoms with E-state index in [4.69, 9.17) is 9.26 Å². The van der Waals surface area contributed by atoms with E-state index in [1.165, 1.54) is 0 Å². The number of amides is 1. The Morgan fingerprint density at radius 1 is 1.10 bits per heavy atom. The normalized spacial score (nSPS) is 11.3. The summed E-state index contributed by atoms with van der Waals surface area (Å²) in [7, 11) is -3.64. The predicted molar refractivity (Wildman–Crippen MR) is 118 cm³/mol. The van der Waals surface area contributed by atoms with Gasteiger partial charge in [-0.3, -0.25) is 4.79 Å². The number of sulfone groups is 1. The van der Waals surface area contributed by atoms with Crippen LogP contribution < -0.4 is 10.1 Å². The summed E-state index contributed by atoms with van der Waals surface area (Å²) in [5.41, 5.74) is 2.87. The van der Waals surface area contributed by atoms with Crippen molar-refractivity contribution < 1.29 is 22.5 Å². The Kier molecular flexibility index (Phi) is 7.12. The Bertz CT molecular complexity index is 1150. The summed E-state index contributed by atoms with van der Waals surface area (Å²) in [5, 5.41) is 6.60. The highest BCUT2D eigenvalue weighted by Gasteiger charge is 2.20. The maximum absolute atomic E-state index is 12.9. The van der Waals surface area contributed by atoms with Gasteiger partial charge in [-0.15, -0.1) is 0 Å². The number of ether oxygens (including phenoxy) is 1. The first-order valence-corrected chi connectivity index (χ1v) is 11.7. The van der Waals surface area contributed by atoms with Crippen LogP contribution in [0.5, 0.6) is 5.75 Å². The number of aryl methyl sites for hydroxylation is 2. The van der Waals surface area contributed by atoms with Crippen LogP contribution in [-0.2, 0) is 21.2 Å². The molecule has 1 amide bonds. The van der Waals surface area contributed by atoms with E-state index in [0.717, 1.165) is 11.3 Å². The lowest BCUT2D eigenvalue weighted by molar-refractivity contribution is -0.120. The highest BCUT2D eigenvalue weighted by atomic mass is 32.2. The number of aromatic nitrogens is 1. The molecule has 0 unspecified atom stereocenters. The molecular formula is C23H26N2O5S. The molecule has 3 aromatic rings. The standard InChI is InChI=1S/C23H26N2O5S/c1-4-29-20-9-6-18(7-10-20)15-24-23(26)11-12-31(27,28)22-14-19(8-5-16(22)2)21-13-17(3)25-30-21/h5-10,13-14H,4,11-12,15H2,1-3H3,(H,24,26). The number of carbonyl (C=O) groups excluding carboxylic acids is 1. The van der Waals surface area contributed by atoms with Crippen LogP contribution in [0.2, 0.25) is 0 Å². The lowest BCUT2D eigenvalue weighted by atomic mass is 10.1. The average Bonchev–Trinajstić information content (AvgIpc) is 3.18. The largest absolute Gasteiger partial charge is 0.494 e. The Hall–Kier alpha value is -3.13. The monoisotopic (exact) mass is 442 g/mol. The van der Waals surface area contributed by atoms with Crippen LogP contribution in [0.3, 0.4) is 0 Å². The second-order valence-electron chi connectivity index (χ2n) is 7.24. The summed E-state index contributed by atoms with van der Waals surface area (Å²) in [6, 6.07) is 14.2. The molecule has 0 fully saturated rings. The quantitative estimate of drug-likeness (QED) is 0.541. The molecule has 1 aromatic heterocycles. The van der Waals surface area contributed by atoms with Crippen LogP contribution in [0.25, 0.3) is 11.3 Å². The SMILES string of the molecule is CCOc1ccc(CNC(=O)CCS(=O)(=O)c2cc(-c3cc(C)no3)ccc2C)cc1. The zero-order chi connectivity index (χ0) is 22.4. The van der Waals surface area contributed by atoms with Crippen molar-refractivity contribution in [2.24, 2.45) is 0 Å². The molecule has 0 atom stereocenters. The van der Waals surface area contributed by atoms with E-state index >= 15 is 0 Å². The summed E-state index contributed by atoms with van der Waals surface area (Å²) < 4.78 is 36.4. The molecule has 2 aromatic carbocycles. The number of hydrogen-bond donors (Lipinski definition) is 1.